The summed E-state index contributed by atoms with van der Waals surface area (Å²) in [6.45, 7) is 2.02. The Morgan fingerprint density at radius 2 is 1.79 bits per heavy atom. The molecule has 1 fully saturated rings. The maximum Gasteiger partial charge on any atom is 0.573 e. The highest BCUT2D eigenvalue weighted by Crippen LogP contribution is 2.38. The monoisotopic (exact) mass is 468 g/mol. The zero-order chi connectivity index (χ0) is 23.7. The van der Waals surface area contributed by atoms with Gasteiger partial charge >= 0.3 is 6.36 Å². The highest BCUT2D eigenvalue weighted by atomic mass is 19.4. The molecule has 1 N–H and O–H groups in total. The first kappa shape index (κ1) is 21.9. The molecule has 34 heavy (non-hydrogen) atoms. The zero-order valence-electron chi connectivity index (χ0n) is 17.8. The quantitative estimate of drug-likeness (QED) is 0.471. The highest BCUT2D eigenvalue weighted by molar-refractivity contribution is 5.98. The van der Waals surface area contributed by atoms with Crippen molar-refractivity contribution in [2.45, 2.75) is 6.36 Å². The van der Waals surface area contributed by atoms with Crippen molar-refractivity contribution in [3.05, 3.63) is 66.7 Å². The molecule has 1 aliphatic heterocycles. The van der Waals surface area contributed by atoms with E-state index < -0.39 is 6.36 Å². The molecule has 7 nitrogen and oxygen atoms in total. The van der Waals surface area contributed by atoms with E-state index in [1.54, 1.807) is 47.8 Å². The number of hydrogen-bond donors (Lipinski definition) is 1. The van der Waals surface area contributed by atoms with Crippen LogP contribution < -0.4 is 4.74 Å². The number of pyridine rings is 2. The summed E-state index contributed by atoms with van der Waals surface area (Å²) in [4.78, 5) is 26.2. The lowest BCUT2D eigenvalue weighted by molar-refractivity contribution is -0.274. The van der Waals surface area contributed by atoms with Crippen LogP contribution in [0, 0.1) is 0 Å². The minimum atomic E-state index is -4.81. The van der Waals surface area contributed by atoms with Crippen molar-refractivity contribution in [2.24, 2.45) is 0 Å². The van der Waals surface area contributed by atoms with Crippen LogP contribution in [0.5, 0.6) is 5.75 Å². The molecule has 0 radical (unpaired) electrons. The van der Waals surface area contributed by atoms with Crippen molar-refractivity contribution >= 4 is 16.9 Å². The van der Waals surface area contributed by atoms with Gasteiger partial charge in [-0.1, -0.05) is 18.2 Å². The molecule has 10 heteroatoms. The average Bonchev–Trinajstić information content (AvgIpc) is 3.27. The minimum Gasteiger partial charge on any atom is -0.405 e. The summed E-state index contributed by atoms with van der Waals surface area (Å²) >= 11 is 0. The Balaban J connectivity index is 1.52. The third kappa shape index (κ3) is 4.44. The number of H-pyrrole nitrogens is 1. The molecule has 5 rings (SSSR count). The van der Waals surface area contributed by atoms with Crippen molar-refractivity contribution < 1.29 is 27.4 Å². The number of aromatic amines is 1. The predicted molar refractivity (Wildman–Crippen MR) is 118 cm³/mol. The van der Waals surface area contributed by atoms with Gasteiger partial charge in [0.25, 0.3) is 5.91 Å². The van der Waals surface area contributed by atoms with Gasteiger partial charge in [-0.2, -0.15) is 0 Å². The Bertz CT molecular complexity index is 1350. The van der Waals surface area contributed by atoms with Crippen LogP contribution in [-0.2, 0) is 4.74 Å². The Morgan fingerprint density at radius 1 is 1.03 bits per heavy atom. The summed E-state index contributed by atoms with van der Waals surface area (Å²) in [5.41, 5.74) is 3.08. The summed E-state index contributed by atoms with van der Waals surface area (Å²) in [7, 11) is 0. The summed E-state index contributed by atoms with van der Waals surface area (Å²) in [6.07, 6.45) is 1.54. The van der Waals surface area contributed by atoms with Crippen molar-refractivity contribution in [3.63, 3.8) is 0 Å². The Kier molecular flexibility index (Phi) is 5.66. The van der Waals surface area contributed by atoms with E-state index in [9.17, 15) is 18.0 Å². The number of rotatable bonds is 4. The third-order valence-electron chi connectivity index (χ3n) is 5.55. The topological polar surface area (TPSA) is 80.3 Å². The molecule has 0 atom stereocenters. The number of halogens is 3. The maximum atomic E-state index is 12.9. The number of morpholine rings is 1. The number of nitrogens with zero attached hydrogens (tertiary/aromatic N) is 3. The minimum absolute atomic E-state index is 0.132. The van der Waals surface area contributed by atoms with Gasteiger partial charge in [0.2, 0.25) is 0 Å². The SMILES string of the molecule is O=C(c1cncc(-c2cnc3[nH]cc(-c4ccccc4OC(F)(F)F)c3c2)c1)N1CCOCC1. The van der Waals surface area contributed by atoms with Crippen LogP contribution >= 0.6 is 0 Å². The molecule has 0 saturated carbocycles. The van der Waals surface area contributed by atoms with Gasteiger partial charge in [-0.05, 0) is 18.2 Å². The number of para-hydroxylation sites is 1. The number of aromatic nitrogens is 3. The lowest BCUT2D eigenvalue weighted by atomic mass is 10.0. The fourth-order valence-corrected chi connectivity index (χ4v) is 3.95. The fourth-order valence-electron chi connectivity index (χ4n) is 3.95. The molecule has 0 unspecified atom stereocenters. The van der Waals surface area contributed by atoms with E-state index in [1.165, 1.54) is 18.3 Å². The summed E-state index contributed by atoms with van der Waals surface area (Å²) in [5, 5.41) is 0.612. The third-order valence-corrected chi connectivity index (χ3v) is 5.55. The van der Waals surface area contributed by atoms with Gasteiger partial charge in [0.15, 0.2) is 0 Å². The normalized spacial score (nSPS) is 14.4. The van der Waals surface area contributed by atoms with Crippen molar-refractivity contribution in [1.82, 2.24) is 19.9 Å². The van der Waals surface area contributed by atoms with E-state index in [1.807, 2.05) is 0 Å². The van der Waals surface area contributed by atoms with Crippen LogP contribution in [-0.4, -0.2) is 58.4 Å². The van der Waals surface area contributed by atoms with Gasteiger partial charge in [0.05, 0.1) is 18.8 Å². The van der Waals surface area contributed by atoms with Gasteiger partial charge in [-0.3, -0.25) is 9.78 Å². The number of ether oxygens (including phenoxy) is 2. The number of alkyl halides is 3. The van der Waals surface area contributed by atoms with Crippen LogP contribution in [0.3, 0.4) is 0 Å². The number of amides is 1. The average molecular weight is 468 g/mol. The van der Waals surface area contributed by atoms with Crippen LogP contribution in [0.25, 0.3) is 33.3 Å². The van der Waals surface area contributed by atoms with Crippen molar-refractivity contribution in [3.8, 4) is 28.0 Å². The lowest BCUT2D eigenvalue weighted by Gasteiger charge is -2.26. The molecule has 174 valence electrons. The largest absolute Gasteiger partial charge is 0.573 e. The molecule has 1 amide bonds. The van der Waals surface area contributed by atoms with E-state index in [2.05, 4.69) is 19.7 Å². The summed E-state index contributed by atoms with van der Waals surface area (Å²) in [5.74, 6) is -0.437. The standard InChI is InChI=1S/C24H19F3N4O3/c25-24(26,27)34-21-4-2-1-3-18(21)20-14-30-22-19(20)10-16(13-29-22)15-9-17(12-28-11-15)23(32)31-5-7-33-8-6-31/h1-4,9-14H,5-8H2,(H,29,30). The number of benzene rings is 1. The first-order valence-corrected chi connectivity index (χ1v) is 10.5. The van der Waals surface area contributed by atoms with E-state index in [0.717, 1.165) is 0 Å². The van der Waals surface area contributed by atoms with Gasteiger partial charge in [0, 0.05) is 65.5 Å². The molecule has 4 aromatic rings. The summed E-state index contributed by atoms with van der Waals surface area (Å²) in [6, 6.07) is 9.48. The van der Waals surface area contributed by atoms with Crippen LogP contribution in [0.2, 0.25) is 0 Å². The number of fused-ring (bicyclic) bond motifs is 1. The molecule has 0 spiro atoms. The Hall–Kier alpha value is -3.92. The highest BCUT2D eigenvalue weighted by Gasteiger charge is 2.32. The number of carbonyl (C=O) groups excluding carboxylic acids is 1. The molecule has 1 saturated heterocycles. The van der Waals surface area contributed by atoms with Crippen LogP contribution in [0.1, 0.15) is 10.4 Å². The molecular weight excluding hydrogens is 449 g/mol. The second-order valence-electron chi connectivity index (χ2n) is 7.73. The second kappa shape index (κ2) is 8.79. The van der Waals surface area contributed by atoms with Crippen molar-refractivity contribution in [1.29, 1.82) is 0 Å². The van der Waals surface area contributed by atoms with Crippen LogP contribution in [0.4, 0.5) is 13.2 Å². The smallest absolute Gasteiger partial charge is 0.405 e. The van der Waals surface area contributed by atoms with Gasteiger partial charge in [0.1, 0.15) is 11.4 Å². The molecular formula is C24H19F3N4O3. The van der Waals surface area contributed by atoms with E-state index in [4.69, 9.17) is 4.74 Å². The number of hydrogen-bond acceptors (Lipinski definition) is 5. The van der Waals surface area contributed by atoms with Crippen molar-refractivity contribution in [2.75, 3.05) is 26.3 Å². The van der Waals surface area contributed by atoms with E-state index in [0.29, 0.717) is 59.6 Å². The summed E-state index contributed by atoms with van der Waals surface area (Å²) < 4.78 is 48.3. The van der Waals surface area contributed by atoms with E-state index >= 15 is 0 Å². The molecule has 4 heterocycles. The molecule has 0 bridgehead atoms. The maximum absolute atomic E-state index is 12.9. The number of carbonyl (C=O) groups is 1. The molecule has 0 aliphatic carbocycles. The Morgan fingerprint density at radius 3 is 2.59 bits per heavy atom. The van der Waals surface area contributed by atoms with E-state index in [-0.39, 0.29) is 17.2 Å². The van der Waals surface area contributed by atoms with Gasteiger partial charge in [-0.15, -0.1) is 13.2 Å². The Labute approximate surface area is 192 Å². The van der Waals surface area contributed by atoms with Gasteiger partial charge < -0.3 is 19.4 Å². The molecule has 1 aliphatic rings. The fraction of sp³-hybridized carbons (Fsp3) is 0.208. The zero-order valence-corrected chi connectivity index (χ0v) is 17.8. The first-order chi connectivity index (χ1) is 16.4. The van der Waals surface area contributed by atoms with Gasteiger partial charge in [-0.25, -0.2) is 4.98 Å². The molecule has 1 aromatic carbocycles. The molecule has 3 aromatic heterocycles. The lowest BCUT2D eigenvalue weighted by Crippen LogP contribution is -2.40. The number of nitrogens with one attached hydrogen (secondary N) is 1. The predicted octanol–water partition coefficient (Wildman–Crippen LogP) is 4.66. The second-order valence-corrected chi connectivity index (χ2v) is 7.73. The van der Waals surface area contributed by atoms with Crippen LogP contribution in [0.15, 0.2) is 61.2 Å². The first-order valence-electron chi connectivity index (χ1n) is 10.5.